The van der Waals surface area contributed by atoms with Crippen LogP contribution in [0.2, 0.25) is 0 Å². The van der Waals surface area contributed by atoms with Gasteiger partial charge >= 0.3 is 0 Å². The van der Waals surface area contributed by atoms with Crippen LogP contribution in [0.25, 0.3) is 10.9 Å². The fraction of sp³-hybridized carbons (Fsp3) is 0.412. The highest BCUT2D eigenvalue weighted by Crippen LogP contribution is 2.15. The fourth-order valence-corrected chi connectivity index (χ4v) is 3.16. The second kappa shape index (κ2) is 8.10. The van der Waals surface area contributed by atoms with E-state index in [0.29, 0.717) is 18.9 Å². The van der Waals surface area contributed by atoms with E-state index in [9.17, 15) is 8.42 Å². The molecule has 0 fully saturated rings. The molecule has 0 aliphatic rings. The van der Waals surface area contributed by atoms with Gasteiger partial charge in [-0.3, -0.25) is 9.98 Å². The van der Waals surface area contributed by atoms with Crippen LogP contribution >= 0.6 is 0 Å². The van der Waals surface area contributed by atoms with E-state index in [1.54, 1.807) is 13.2 Å². The molecule has 7 heteroatoms. The lowest BCUT2D eigenvalue weighted by Crippen LogP contribution is -2.42. The Hall–Kier alpha value is -2.15. The molecule has 2 aromatic rings. The predicted molar refractivity (Wildman–Crippen MR) is 98.9 cm³/mol. The summed E-state index contributed by atoms with van der Waals surface area (Å²) in [6.07, 6.45) is 3.59. The third-order valence-electron chi connectivity index (χ3n) is 3.71. The third-order valence-corrected chi connectivity index (χ3v) is 4.69. The van der Waals surface area contributed by atoms with E-state index in [2.05, 4.69) is 20.6 Å². The van der Waals surface area contributed by atoms with Gasteiger partial charge in [-0.25, -0.2) is 8.42 Å². The number of nitrogens with one attached hydrogen (secondary N) is 2. The SMILES string of the molecule is CN=C(NCc1ccnc2ccccc12)NC(C)CCS(C)(=O)=O. The molecule has 2 rings (SSSR count). The molecule has 0 radical (unpaired) electrons. The number of guanidine groups is 1. The summed E-state index contributed by atoms with van der Waals surface area (Å²) in [7, 11) is -1.25. The Kier molecular flexibility index (Phi) is 6.14. The Balaban J connectivity index is 1.96. The maximum Gasteiger partial charge on any atom is 0.191 e. The molecule has 0 bridgehead atoms. The zero-order chi connectivity index (χ0) is 17.6. The highest BCUT2D eigenvalue weighted by Gasteiger charge is 2.10. The molecular weight excluding hydrogens is 324 g/mol. The smallest absolute Gasteiger partial charge is 0.191 e. The van der Waals surface area contributed by atoms with Gasteiger partial charge < -0.3 is 10.6 Å². The number of pyridine rings is 1. The van der Waals surface area contributed by atoms with Gasteiger partial charge in [0.1, 0.15) is 9.84 Å². The van der Waals surface area contributed by atoms with Crippen molar-refractivity contribution in [2.24, 2.45) is 4.99 Å². The van der Waals surface area contributed by atoms with E-state index in [1.807, 2.05) is 37.3 Å². The lowest BCUT2D eigenvalue weighted by molar-refractivity contribution is 0.581. The van der Waals surface area contributed by atoms with Gasteiger partial charge in [-0.15, -0.1) is 0 Å². The first-order chi connectivity index (χ1) is 11.4. The summed E-state index contributed by atoms with van der Waals surface area (Å²) in [4.78, 5) is 8.55. The van der Waals surface area contributed by atoms with Gasteiger partial charge in [0.15, 0.2) is 5.96 Å². The van der Waals surface area contributed by atoms with Crippen molar-refractivity contribution in [1.82, 2.24) is 15.6 Å². The number of hydrogen-bond donors (Lipinski definition) is 2. The van der Waals surface area contributed by atoms with Crippen molar-refractivity contribution in [2.45, 2.75) is 25.9 Å². The molecule has 1 unspecified atom stereocenters. The van der Waals surface area contributed by atoms with Crippen LogP contribution < -0.4 is 10.6 Å². The maximum atomic E-state index is 11.2. The van der Waals surface area contributed by atoms with E-state index in [-0.39, 0.29) is 11.8 Å². The highest BCUT2D eigenvalue weighted by atomic mass is 32.2. The standard InChI is InChI=1S/C17H24N4O2S/c1-13(9-11-24(3,22)23)21-17(18-2)20-12-14-8-10-19-16-7-5-4-6-15(14)16/h4-8,10,13H,9,11-12H2,1-3H3,(H2,18,20,21). The van der Waals surface area contributed by atoms with Gasteiger partial charge in [0, 0.05) is 37.5 Å². The molecule has 0 spiro atoms. The van der Waals surface area contributed by atoms with Crippen molar-refractivity contribution < 1.29 is 8.42 Å². The highest BCUT2D eigenvalue weighted by molar-refractivity contribution is 7.90. The molecule has 0 saturated heterocycles. The molecule has 130 valence electrons. The number of rotatable bonds is 6. The third kappa shape index (κ3) is 5.49. The molecule has 1 atom stereocenters. The summed E-state index contributed by atoms with van der Waals surface area (Å²) in [5.41, 5.74) is 2.09. The van der Waals surface area contributed by atoms with Gasteiger partial charge in [0.2, 0.25) is 0 Å². The van der Waals surface area contributed by atoms with Crippen LogP contribution in [0.5, 0.6) is 0 Å². The molecule has 1 heterocycles. The summed E-state index contributed by atoms with van der Waals surface area (Å²) in [6, 6.07) is 9.99. The zero-order valence-corrected chi connectivity index (χ0v) is 15.1. The van der Waals surface area contributed by atoms with Crippen molar-refractivity contribution in [2.75, 3.05) is 19.1 Å². The fourth-order valence-electron chi connectivity index (χ4n) is 2.38. The molecule has 0 aliphatic heterocycles. The minimum absolute atomic E-state index is 0.0140. The Labute approximate surface area is 143 Å². The van der Waals surface area contributed by atoms with Crippen molar-refractivity contribution in [1.29, 1.82) is 0 Å². The lowest BCUT2D eigenvalue weighted by Gasteiger charge is -2.18. The topological polar surface area (TPSA) is 83.4 Å². The molecular formula is C17H24N4O2S. The monoisotopic (exact) mass is 348 g/mol. The van der Waals surface area contributed by atoms with Crippen LogP contribution in [0.3, 0.4) is 0 Å². The summed E-state index contributed by atoms with van der Waals surface area (Å²) in [6.45, 7) is 2.56. The summed E-state index contributed by atoms with van der Waals surface area (Å²) >= 11 is 0. The average molecular weight is 348 g/mol. The molecule has 0 saturated carbocycles. The minimum atomic E-state index is -2.95. The Bertz CT molecular complexity index is 813. The molecule has 1 aromatic heterocycles. The number of benzene rings is 1. The van der Waals surface area contributed by atoms with Crippen molar-refractivity contribution in [3.05, 3.63) is 42.1 Å². The summed E-state index contributed by atoms with van der Waals surface area (Å²) < 4.78 is 22.5. The summed E-state index contributed by atoms with van der Waals surface area (Å²) in [5.74, 6) is 0.810. The second-order valence-electron chi connectivity index (χ2n) is 5.88. The van der Waals surface area contributed by atoms with Gasteiger partial charge in [-0.05, 0) is 31.0 Å². The Morgan fingerprint density at radius 1 is 1.29 bits per heavy atom. The van der Waals surface area contributed by atoms with Crippen LogP contribution in [0.4, 0.5) is 0 Å². The lowest BCUT2D eigenvalue weighted by atomic mass is 10.1. The molecule has 6 nitrogen and oxygen atoms in total. The van der Waals surface area contributed by atoms with Crippen molar-refractivity contribution >= 4 is 26.7 Å². The molecule has 24 heavy (non-hydrogen) atoms. The number of para-hydroxylation sites is 1. The maximum absolute atomic E-state index is 11.2. The van der Waals surface area contributed by atoms with E-state index in [1.165, 1.54) is 6.26 Å². The largest absolute Gasteiger partial charge is 0.354 e. The Morgan fingerprint density at radius 2 is 2.04 bits per heavy atom. The van der Waals surface area contributed by atoms with Crippen LogP contribution in [0, 0.1) is 0 Å². The Morgan fingerprint density at radius 3 is 2.75 bits per heavy atom. The first-order valence-electron chi connectivity index (χ1n) is 7.86. The van der Waals surface area contributed by atoms with Crippen LogP contribution in [-0.4, -0.2) is 44.5 Å². The average Bonchev–Trinajstić information content (AvgIpc) is 2.56. The van der Waals surface area contributed by atoms with Crippen LogP contribution in [0.15, 0.2) is 41.5 Å². The van der Waals surface area contributed by atoms with Crippen LogP contribution in [-0.2, 0) is 16.4 Å². The number of hydrogen-bond acceptors (Lipinski definition) is 4. The first-order valence-corrected chi connectivity index (χ1v) is 9.92. The van der Waals surface area contributed by atoms with Gasteiger partial charge in [-0.1, -0.05) is 18.2 Å². The zero-order valence-electron chi connectivity index (χ0n) is 14.3. The van der Waals surface area contributed by atoms with Gasteiger partial charge in [-0.2, -0.15) is 0 Å². The second-order valence-corrected chi connectivity index (χ2v) is 8.14. The minimum Gasteiger partial charge on any atom is -0.354 e. The molecule has 1 aromatic carbocycles. The van der Waals surface area contributed by atoms with Crippen molar-refractivity contribution in [3.8, 4) is 0 Å². The summed E-state index contributed by atoms with van der Waals surface area (Å²) in [5, 5.41) is 7.59. The van der Waals surface area contributed by atoms with E-state index < -0.39 is 9.84 Å². The van der Waals surface area contributed by atoms with Gasteiger partial charge in [0.05, 0.1) is 11.3 Å². The van der Waals surface area contributed by atoms with Gasteiger partial charge in [0.25, 0.3) is 0 Å². The predicted octanol–water partition coefficient (Wildman–Crippen LogP) is 1.72. The molecule has 0 aliphatic carbocycles. The van der Waals surface area contributed by atoms with E-state index in [0.717, 1.165) is 16.5 Å². The molecule has 2 N–H and O–H groups in total. The van der Waals surface area contributed by atoms with Crippen LogP contribution in [0.1, 0.15) is 18.9 Å². The number of nitrogens with zero attached hydrogens (tertiary/aromatic N) is 2. The quantitative estimate of drug-likeness (QED) is 0.613. The van der Waals surface area contributed by atoms with E-state index >= 15 is 0 Å². The normalized spacial score (nSPS) is 13.7. The molecule has 0 amide bonds. The van der Waals surface area contributed by atoms with Crippen molar-refractivity contribution in [3.63, 3.8) is 0 Å². The number of aliphatic imine (C=N–C) groups is 1. The number of sulfone groups is 1. The van der Waals surface area contributed by atoms with E-state index in [4.69, 9.17) is 0 Å². The number of fused-ring (bicyclic) bond motifs is 1. The number of aromatic nitrogens is 1. The first kappa shape index (κ1) is 18.2.